The lowest BCUT2D eigenvalue weighted by Gasteiger charge is -2.32. The summed E-state index contributed by atoms with van der Waals surface area (Å²) in [6.45, 7) is 3.01. The third-order valence-electron chi connectivity index (χ3n) is 6.80. The highest BCUT2D eigenvalue weighted by molar-refractivity contribution is 5.98. The maximum Gasteiger partial charge on any atom is 0.326 e. The number of carbonyl (C=O) groups excluding carboxylic acids is 2. The van der Waals surface area contributed by atoms with Gasteiger partial charge in [0.1, 0.15) is 6.04 Å². The Morgan fingerprint density at radius 1 is 1.16 bits per heavy atom. The molecule has 2 aromatic carbocycles. The number of aryl methyl sites for hydroxylation is 2. The number of urea groups is 1. The van der Waals surface area contributed by atoms with E-state index in [0.29, 0.717) is 41.5 Å². The number of aliphatic carboxylic acids is 1. The maximum atomic E-state index is 13.2. The number of hydrogen-bond donors (Lipinski definition) is 3. The number of amides is 3. The number of piperidine rings is 1. The molecule has 0 spiro atoms. The molecule has 1 atom stereocenters. The zero-order valence-electron chi connectivity index (χ0n) is 21.3. The van der Waals surface area contributed by atoms with Crippen LogP contribution in [0.5, 0.6) is 0 Å². The van der Waals surface area contributed by atoms with Gasteiger partial charge in [-0.05, 0) is 61.1 Å². The second-order valence-electron chi connectivity index (χ2n) is 9.55. The van der Waals surface area contributed by atoms with Gasteiger partial charge in [-0.1, -0.05) is 18.2 Å². The van der Waals surface area contributed by atoms with E-state index in [1.165, 1.54) is 5.56 Å². The molecule has 196 valence electrons. The van der Waals surface area contributed by atoms with Crippen molar-refractivity contribution in [2.24, 2.45) is 7.05 Å². The van der Waals surface area contributed by atoms with Crippen LogP contribution in [-0.4, -0.2) is 56.6 Å². The number of likely N-dealkylation sites (tertiary alicyclic amines) is 1. The molecule has 3 amide bonds. The second kappa shape index (κ2) is 11.6. The fraction of sp³-hybridized carbons (Fsp3) is 0.321. The molecular formula is C28H30N6O4. The molecule has 0 radical (unpaired) electrons. The van der Waals surface area contributed by atoms with E-state index in [9.17, 15) is 19.5 Å². The van der Waals surface area contributed by atoms with Gasteiger partial charge in [0.2, 0.25) is 0 Å². The Labute approximate surface area is 220 Å². The van der Waals surface area contributed by atoms with Crippen LogP contribution in [0.15, 0.2) is 55.0 Å². The third-order valence-corrected chi connectivity index (χ3v) is 6.80. The Morgan fingerprint density at radius 3 is 2.47 bits per heavy atom. The van der Waals surface area contributed by atoms with Crippen molar-refractivity contribution in [1.29, 1.82) is 5.26 Å². The molecule has 0 saturated carbocycles. The standard InChI is InChI=1S/C28H30N6O4/c1-18-3-6-22(26(35)34-11-9-21(10-12-34)20-7-4-19(15-29)5-8-20)13-24(18)31-28(38)32-25(27(36)37)14-23-16-33(2)17-30-23/h3-8,13,16-17,21,25H,9-12,14H2,1-2H3,(H,36,37)(H2,31,32,38)/t25-/m0/s1. The Kier molecular flexibility index (Phi) is 8.06. The van der Waals surface area contributed by atoms with Gasteiger partial charge in [-0.3, -0.25) is 4.79 Å². The van der Waals surface area contributed by atoms with E-state index in [0.717, 1.165) is 18.4 Å². The number of carbonyl (C=O) groups is 3. The van der Waals surface area contributed by atoms with Gasteiger partial charge in [0.05, 0.1) is 23.7 Å². The van der Waals surface area contributed by atoms with Crippen molar-refractivity contribution >= 4 is 23.6 Å². The molecule has 0 bridgehead atoms. The summed E-state index contributed by atoms with van der Waals surface area (Å²) < 4.78 is 1.70. The van der Waals surface area contributed by atoms with Crippen LogP contribution in [0.4, 0.5) is 10.5 Å². The number of rotatable bonds is 7. The lowest BCUT2D eigenvalue weighted by molar-refractivity contribution is -0.139. The predicted octanol–water partition coefficient (Wildman–Crippen LogP) is 3.44. The molecular weight excluding hydrogens is 484 g/mol. The minimum absolute atomic E-state index is 0.0412. The smallest absolute Gasteiger partial charge is 0.326 e. The van der Waals surface area contributed by atoms with Crippen molar-refractivity contribution < 1.29 is 19.5 Å². The average molecular weight is 515 g/mol. The normalized spacial score (nSPS) is 14.4. The van der Waals surface area contributed by atoms with Crippen LogP contribution in [0.25, 0.3) is 0 Å². The van der Waals surface area contributed by atoms with E-state index in [4.69, 9.17) is 5.26 Å². The van der Waals surface area contributed by atoms with Gasteiger partial charge in [0.15, 0.2) is 0 Å². The number of imidazole rings is 1. The maximum absolute atomic E-state index is 13.2. The third kappa shape index (κ3) is 6.37. The van der Waals surface area contributed by atoms with Gasteiger partial charge in [-0.15, -0.1) is 0 Å². The van der Waals surface area contributed by atoms with Crippen molar-refractivity contribution in [3.05, 3.63) is 82.9 Å². The van der Waals surface area contributed by atoms with Crippen molar-refractivity contribution in [3.8, 4) is 6.07 Å². The first kappa shape index (κ1) is 26.4. The highest BCUT2D eigenvalue weighted by Crippen LogP contribution is 2.29. The van der Waals surface area contributed by atoms with Crippen LogP contribution in [0.1, 0.15) is 51.5 Å². The summed E-state index contributed by atoms with van der Waals surface area (Å²) >= 11 is 0. The molecule has 3 aromatic rings. The monoisotopic (exact) mass is 514 g/mol. The zero-order chi connectivity index (χ0) is 27.2. The topological polar surface area (TPSA) is 140 Å². The predicted molar refractivity (Wildman–Crippen MR) is 141 cm³/mol. The van der Waals surface area contributed by atoms with Crippen LogP contribution in [0.3, 0.4) is 0 Å². The van der Waals surface area contributed by atoms with Gasteiger partial charge in [-0.25, -0.2) is 14.6 Å². The molecule has 4 rings (SSSR count). The highest BCUT2D eigenvalue weighted by Gasteiger charge is 2.26. The molecule has 0 unspecified atom stereocenters. The first-order chi connectivity index (χ1) is 18.2. The number of nitrogens with zero attached hydrogens (tertiary/aromatic N) is 4. The molecule has 1 aliphatic rings. The number of nitriles is 1. The molecule has 1 aliphatic heterocycles. The molecule has 1 fully saturated rings. The average Bonchev–Trinajstić information content (AvgIpc) is 3.33. The fourth-order valence-corrected chi connectivity index (χ4v) is 4.62. The zero-order valence-corrected chi connectivity index (χ0v) is 21.3. The molecule has 2 heterocycles. The van der Waals surface area contributed by atoms with Crippen LogP contribution in [0, 0.1) is 18.3 Å². The van der Waals surface area contributed by atoms with E-state index in [2.05, 4.69) is 21.7 Å². The number of carboxylic acids is 1. The van der Waals surface area contributed by atoms with E-state index in [1.807, 2.05) is 29.2 Å². The first-order valence-electron chi connectivity index (χ1n) is 12.4. The van der Waals surface area contributed by atoms with E-state index >= 15 is 0 Å². The summed E-state index contributed by atoms with van der Waals surface area (Å²) in [5, 5.41) is 23.7. The lowest BCUT2D eigenvalue weighted by atomic mass is 9.89. The number of anilines is 1. The second-order valence-corrected chi connectivity index (χ2v) is 9.55. The van der Waals surface area contributed by atoms with Crippen molar-refractivity contribution in [1.82, 2.24) is 19.8 Å². The summed E-state index contributed by atoms with van der Waals surface area (Å²) in [5.74, 6) is -0.958. The molecule has 0 aliphatic carbocycles. The van der Waals surface area contributed by atoms with Gasteiger partial charge >= 0.3 is 12.0 Å². The molecule has 10 heteroatoms. The van der Waals surface area contributed by atoms with E-state index in [1.54, 1.807) is 49.3 Å². The van der Waals surface area contributed by atoms with Crippen LogP contribution in [-0.2, 0) is 18.3 Å². The molecule has 1 saturated heterocycles. The number of benzene rings is 2. The lowest BCUT2D eigenvalue weighted by Crippen LogP contribution is -2.44. The summed E-state index contributed by atoms with van der Waals surface area (Å²) in [5.41, 5.74) is 3.98. The van der Waals surface area contributed by atoms with E-state index < -0.39 is 18.0 Å². The summed E-state index contributed by atoms with van der Waals surface area (Å²) in [4.78, 5) is 43.5. The Bertz CT molecular complexity index is 1370. The van der Waals surface area contributed by atoms with Crippen molar-refractivity contribution in [3.63, 3.8) is 0 Å². The number of hydrogen-bond acceptors (Lipinski definition) is 5. The highest BCUT2D eigenvalue weighted by atomic mass is 16.4. The van der Waals surface area contributed by atoms with Gasteiger partial charge < -0.3 is 25.2 Å². The van der Waals surface area contributed by atoms with Crippen LogP contribution < -0.4 is 10.6 Å². The molecule has 3 N–H and O–H groups in total. The van der Waals surface area contributed by atoms with Crippen molar-refractivity contribution in [2.75, 3.05) is 18.4 Å². The van der Waals surface area contributed by atoms with Gasteiger partial charge in [0, 0.05) is 44.0 Å². The molecule has 10 nitrogen and oxygen atoms in total. The molecule has 38 heavy (non-hydrogen) atoms. The van der Waals surface area contributed by atoms with Gasteiger partial charge in [-0.2, -0.15) is 5.26 Å². The van der Waals surface area contributed by atoms with Crippen LogP contribution in [0.2, 0.25) is 0 Å². The largest absolute Gasteiger partial charge is 0.480 e. The van der Waals surface area contributed by atoms with E-state index in [-0.39, 0.29) is 12.3 Å². The number of nitrogens with one attached hydrogen (secondary N) is 2. The molecule has 1 aromatic heterocycles. The number of aromatic nitrogens is 2. The minimum Gasteiger partial charge on any atom is -0.480 e. The summed E-state index contributed by atoms with van der Waals surface area (Å²) in [7, 11) is 1.78. The Morgan fingerprint density at radius 2 is 1.87 bits per heavy atom. The number of carboxylic acid groups (broad SMARTS) is 1. The Hall–Kier alpha value is -4.65. The quantitative estimate of drug-likeness (QED) is 0.441. The summed E-state index contributed by atoms with van der Waals surface area (Å²) in [6.07, 6.45) is 4.95. The van der Waals surface area contributed by atoms with Crippen LogP contribution >= 0.6 is 0 Å². The SMILES string of the molecule is Cc1ccc(C(=O)N2CCC(c3ccc(C#N)cc3)CC2)cc1NC(=O)N[C@@H](Cc1cn(C)cn1)C(=O)O. The van der Waals surface area contributed by atoms with Gasteiger partial charge in [0.25, 0.3) is 5.91 Å². The van der Waals surface area contributed by atoms with Crippen molar-refractivity contribution in [2.45, 2.75) is 38.1 Å². The Balaban J connectivity index is 1.37. The first-order valence-corrected chi connectivity index (χ1v) is 12.4. The minimum atomic E-state index is -1.17. The fourth-order valence-electron chi connectivity index (χ4n) is 4.62. The summed E-state index contributed by atoms with van der Waals surface area (Å²) in [6, 6.07) is 13.0.